The molecule has 4 nitrogen and oxygen atoms in total. The first-order valence-electron chi connectivity index (χ1n) is 7.83. The van der Waals surface area contributed by atoms with E-state index in [0.717, 1.165) is 20.6 Å². The van der Waals surface area contributed by atoms with Crippen LogP contribution >= 0.6 is 22.6 Å². The molecule has 3 rings (SSSR count). The molecule has 0 aliphatic heterocycles. The SMILES string of the molecule is COc1ccc(COc2nc(I)ccc2OCc2ccccc2)cc1. The van der Waals surface area contributed by atoms with E-state index in [-0.39, 0.29) is 0 Å². The molecule has 3 aromatic rings. The molecule has 5 heteroatoms. The highest BCUT2D eigenvalue weighted by atomic mass is 127. The van der Waals surface area contributed by atoms with Crippen molar-refractivity contribution in [2.45, 2.75) is 13.2 Å². The van der Waals surface area contributed by atoms with Gasteiger partial charge in [0.05, 0.1) is 7.11 Å². The minimum atomic E-state index is 0.415. The van der Waals surface area contributed by atoms with Gasteiger partial charge in [-0.05, 0) is 58.0 Å². The Morgan fingerprint density at radius 1 is 0.800 bits per heavy atom. The summed E-state index contributed by atoms with van der Waals surface area (Å²) in [6.07, 6.45) is 0. The summed E-state index contributed by atoms with van der Waals surface area (Å²) in [7, 11) is 1.65. The molecule has 0 unspecified atom stereocenters. The number of pyridine rings is 1. The van der Waals surface area contributed by atoms with Gasteiger partial charge in [-0.1, -0.05) is 42.5 Å². The molecular formula is C20H18INO3. The van der Waals surface area contributed by atoms with Crippen LogP contribution in [0.2, 0.25) is 0 Å². The van der Waals surface area contributed by atoms with Crippen molar-refractivity contribution in [2.75, 3.05) is 7.11 Å². The highest BCUT2D eigenvalue weighted by Gasteiger charge is 2.09. The highest BCUT2D eigenvalue weighted by molar-refractivity contribution is 14.1. The zero-order valence-electron chi connectivity index (χ0n) is 13.8. The average Bonchev–Trinajstić information content (AvgIpc) is 2.67. The zero-order valence-corrected chi connectivity index (χ0v) is 16.0. The average molecular weight is 447 g/mol. The van der Waals surface area contributed by atoms with Crippen LogP contribution in [0.4, 0.5) is 0 Å². The van der Waals surface area contributed by atoms with Gasteiger partial charge in [0.25, 0.3) is 5.88 Å². The lowest BCUT2D eigenvalue weighted by Crippen LogP contribution is -2.03. The summed E-state index contributed by atoms with van der Waals surface area (Å²) in [5, 5.41) is 0. The van der Waals surface area contributed by atoms with Crippen molar-refractivity contribution in [1.29, 1.82) is 0 Å². The van der Waals surface area contributed by atoms with E-state index in [1.54, 1.807) is 7.11 Å². The number of methoxy groups -OCH3 is 1. The van der Waals surface area contributed by atoms with E-state index >= 15 is 0 Å². The fourth-order valence-corrected chi connectivity index (χ4v) is 2.63. The van der Waals surface area contributed by atoms with Crippen LogP contribution in [0.3, 0.4) is 0 Å². The van der Waals surface area contributed by atoms with E-state index in [1.165, 1.54) is 0 Å². The van der Waals surface area contributed by atoms with Crippen LogP contribution in [0.25, 0.3) is 0 Å². The maximum Gasteiger partial charge on any atom is 0.258 e. The first kappa shape index (κ1) is 17.5. The number of aromatic nitrogens is 1. The normalized spacial score (nSPS) is 10.3. The number of halogens is 1. The number of benzene rings is 2. The van der Waals surface area contributed by atoms with E-state index < -0.39 is 0 Å². The van der Waals surface area contributed by atoms with Crippen molar-refractivity contribution in [3.8, 4) is 17.4 Å². The Morgan fingerprint density at radius 3 is 2.20 bits per heavy atom. The van der Waals surface area contributed by atoms with Crippen molar-refractivity contribution >= 4 is 22.6 Å². The van der Waals surface area contributed by atoms with Crippen LogP contribution in [0.5, 0.6) is 17.4 Å². The van der Waals surface area contributed by atoms with Crippen LogP contribution < -0.4 is 14.2 Å². The molecule has 0 spiro atoms. The third kappa shape index (κ3) is 5.09. The minimum Gasteiger partial charge on any atom is -0.497 e. The summed E-state index contributed by atoms with van der Waals surface area (Å²) in [6.45, 7) is 0.890. The minimum absolute atomic E-state index is 0.415. The predicted molar refractivity (Wildman–Crippen MR) is 105 cm³/mol. The van der Waals surface area contributed by atoms with Crippen molar-refractivity contribution in [3.63, 3.8) is 0 Å². The summed E-state index contributed by atoms with van der Waals surface area (Å²) in [4.78, 5) is 4.45. The molecule has 0 radical (unpaired) electrons. The highest BCUT2D eigenvalue weighted by Crippen LogP contribution is 2.27. The van der Waals surface area contributed by atoms with Crippen molar-refractivity contribution in [1.82, 2.24) is 4.98 Å². The molecule has 0 bridgehead atoms. The molecule has 1 heterocycles. The molecule has 0 amide bonds. The Balaban J connectivity index is 1.67. The van der Waals surface area contributed by atoms with Gasteiger partial charge in [0, 0.05) is 0 Å². The molecule has 0 N–H and O–H groups in total. The number of rotatable bonds is 7. The maximum absolute atomic E-state index is 5.89. The molecule has 0 aliphatic rings. The van der Waals surface area contributed by atoms with Crippen LogP contribution in [-0.4, -0.2) is 12.1 Å². The largest absolute Gasteiger partial charge is 0.497 e. The molecule has 128 valence electrons. The van der Waals surface area contributed by atoms with Gasteiger partial charge in [0.1, 0.15) is 22.7 Å². The van der Waals surface area contributed by atoms with Crippen molar-refractivity contribution < 1.29 is 14.2 Å². The van der Waals surface area contributed by atoms with Crippen LogP contribution in [0, 0.1) is 3.70 Å². The van der Waals surface area contributed by atoms with Crippen molar-refractivity contribution in [3.05, 3.63) is 81.6 Å². The van der Waals surface area contributed by atoms with Crippen LogP contribution in [0.15, 0.2) is 66.7 Å². The molecule has 25 heavy (non-hydrogen) atoms. The lowest BCUT2D eigenvalue weighted by molar-refractivity contribution is 0.246. The fourth-order valence-electron chi connectivity index (χ4n) is 2.23. The smallest absolute Gasteiger partial charge is 0.258 e. The van der Waals surface area contributed by atoms with E-state index in [9.17, 15) is 0 Å². The molecule has 0 aliphatic carbocycles. The van der Waals surface area contributed by atoms with Gasteiger partial charge in [-0.15, -0.1) is 0 Å². The van der Waals surface area contributed by atoms with Gasteiger partial charge < -0.3 is 14.2 Å². The zero-order chi connectivity index (χ0) is 17.5. The lowest BCUT2D eigenvalue weighted by atomic mass is 10.2. The summed E-state index contributed by atoms with van der Waals surface area (Å²) >= 11 is 2.16. The lowest BCUT2D eigenvalue weighted by Gasteiger charge is -2.12. The quantitative estimate of drug-likeness (QED) is 0.384. The molecule has 0 atom stereocenters. The predicted octanol–water partition coefficient (Wildman–Crippen LogP) is 4.85. The van der Waals surface area contributed by atoms with Gasteiger partial charge in [-0.2, -0.15) is 0 Å². The molecule has 0 saturated heterocycles. The molecule has 2 aromatic carbocycles. The Bertz CT molecular complexity index is 807. The standard InChI is InChI=1S/C20H18INO3/c1-23-17-9-7-16(8-10-17)14-25-20-18(11-12-19(21)22-20)24-13-15-5-3-2-4-6-15/h2-12H,13-14H2,1H3. The van der Waals surface area contributed by atoms with Gasteiger partial charge in [-0.3, -0.25) is 0 Å². The Kier molecular flexibility index (Phi) is 6.11. The first-order valence-corrected chi connectivity index (χ1v) is 8.91. The van der Waals surface area contributed by atoms with Gasteiger partial charge in [0.15, 0.2) is 5.75 Å². The van der Waals surface area contributed by atoms with E-state index in [2.05, 4.69) is 27.6 Å². The molecule has 1 aromatic heterocycles. The second-order valence-electron chi connectivity index (χ2n) is 5.35. The topological polar surface area (TPSA) is 40.6 Å². The number of nitrogens with zero attached hydrogens (tertiary/aromatic N) is 1. The maximum atomic E-state index is 5.89. The summed E-state index contributed by atoms with van der Waals surface area (Å²) in [6, 6.07) is 21.6. The van der Waals surface area contributed by atoms with Crippen LogP contribution in [-0.2, 0) is 13.2 Å². The second kappa shape index (κ2) is 8.71. The van der Waals surface area contributed by atoms with E-state index in [4.69, 9.17) is 14.2 Å². The van der Waals surface area contributed by atoms with Gasteiger partial charge >= 0.3 is 0 Å². The molecular weight excluding hydrogens is 429 g/mol. The van der Waals surface area contributed by atoms with Crippen LogP contribution in [0.1, 0.15) is 11.1 Å². The van der Waals surface area contributed by atoms with Gasteiger partial charge in [-0.25, -0.2) is 4.98 Å². The summed E-state index contributed by atoms with van der Waals surface area (Å²) in [5.41, 5.74) is 2.14. The van der Waals surface area contributed by atoms with Crippen molar-refractivity contribution in [2.24, 2.45) is 0 Å². The Labute approximate surface area is 160 Å². The fraction of sp³-hybridized carbons (Fsp3) is 0.150. The number of hydrogen-bond acceptors (Lipinski definition) is 4. The van der Waals surface area contributed by atoms with E-state index in [1.807, 2.05) is 66.7 Å². The number of hydrogen-bond donors (Lipinski definition) is 0. The molecule has 0 fully saturated rings. The second-order valence-corrected chi connectivity index (χ2v) is 6.45. The Morgan fingerprint density at radius 2 is 1.48 bits per heavy atom. The Hall–Kier alpha value is -2.28. The third-order valence-electron chi connectivity index (χ3n) is 3.56. The summed E-state index contributed by atoms with van der Waals surface area (Å²) in [5.74, 6) is 1.96. The third-order valence-corrected chi connectivity index (χ3v) is 4.16. The monoisotopic (exact) mass is 447 g/mol. The number of ether oxygens (including phenoxy) is 3. The summed E-state index contributed by atoms with van der Waals surface area (Å²) < 4.78 is 17.8. The first-order chi connectivity index (χ1) is 12.2. The van der Waals surface area contributed by atoms with E-state index in [0.29, 0.717) is 24.8 Å². The molecule has 0 saturated carbocycles. The van der Waals surface area contributed by atoms with Gasteiger partial charge in [0.2, 0.25) is 0 Å².